The average Bonchev–Trinajstić information content (AvgIpc) is 3.03. The average molecular weight is 352 g/mol. The first-order valence-electron chi connectivity index (χ1n) is 9.08. The fraction of sp³-hybridized carbons (Fsp3) is 0.381. The van der Waals surface area contributed by atoms with Crippen LogP contribution in [0.2, 0.25) is 0 Å². The Morgan fingerprint density at radius 2 is 1.81 bits per heavy atom. The van der Waals surface area contributed by atoms with E-state index in [1.165, 1.54) is 16.7 Å². The van der Waals surface area contributed by atoms with Gasteiger partial charge in [0.15, 0.2) is 0 Å². The second kappa shape index (κ2) is 7.48. The quantitative estimate of drug-likeness (QED) is 0.889. The lowest BCUT2D eigenvalue weighted by atomic mass is 9.99. The Bertz CT molecular complexity index is 792. The zero-order valence-corrected chi connectivity index (χ0v) is 14.9. The highest BCUT2D eigenvalue weighted by Gasteiger charge is 2.33. The van der Waals surface area contributed by atoms with Gasteiger partial charge in [0.1, 0.15) is 6.10 Å². The monoisotopic (exact) mass is 352 g/mol. The Morgan fingerprint density at radius 3 is 2.62 bits per heavy atom. The summed E-state index contributed by atoms with van der Waals surface area (Å²) in [6, 6.07) is 16.3. The Morgan fingerprint density at radius 1 is 1.08 bits per heavy atom. The molecule has 0 saturated carbocycles. The smallest absolute Gasteiger partial charge is 0.315 e. The molecule has 26 heavy (non-hydrogen) atoms. The normalized spacial score (nSPS) is 23.8. The molecule has 2 aliphatic rings. The van der Waals surface area contributed by atoms with E-state index in [2.05, 4.69) is 34.9 Å². The van der Waals surface area contributed by atoms with Crippen LogP contribution in [0.1, 0.15) is 28.4 Å². The molecule has 2 aromatic carbocycles. The van der Waals surface area contributed by atoms with Crippen molar-refractivity contribution < 1.29 is 14.3 Å². The minimum Gasteiger partial charge on any atom is -0.375 e. The molecule has 2 aromatic rings. The second-order valence-electron chi connectivity index (χ2n) is 6.93. The number of rotatable bonds is 4. The molecule has 0 fully saturated rings. The van der Waals surface area contributed by atoms with Crippen LogP contribution in [0.5, 0.6) is 0 Å². The van der Waals surface area contributed by atoms with Crippen LogP contribution in [-0.2, 0) is 28.9 Å². The van der Waals surface area contributed by atoms with E-state index in [0.717, 1.165) is 18.4 Å². The number of amides is 2. The lowest BCUT2D eigenvalue weighted by Gasteiger charge is -2.26. The number of nitrogens with one attached hydrogen (secondary N) is 2. The van der Waals surface area contributed by atoms with Crippen molar-refractivity contribution in [2.75, 3.05) is 13.7 Å². The van der Waals surface area contributed by atoms with Crippen molar-refractivity contribution in [2.45, 2.75) is 37.7 Å². The summed E-state index contributed by atoms with van der Waals surface area (Å²) in [4.78, 5) is 12.4. The van der Waals surface area contributed by atoms with Crippen molar-refractivity contribution in [3.8, 4) is 0 Å². The number of fused-ring (bicyclic) bond motifs is 2. The molecule has 0 radical (unpaired) electrons. The van der Waals surface area contributed by atoms with Crippen molar-refractivity contribution >= 4 is 6.03 Å². The molecule has 5 heteroatoms. The van der Waals surface area contributed by atoms with Crippen molar-refractivity contribution in [1.82, 2.24) is 10.6 Å². The largest absolute Gasteiger partial charge is 0.375 e. The zero-order chi connectivity index (χ0) is 17.9. The minimum absolute atomic E-state index is 0.00893. The van der Waals surface area contributed by atoms with Gasteiger partial charge in [0, 0.05) is 20.1 Å². The molecule has 2 N–H and O–H groups in total. The summed E-state index contributed by atoms with van der Waals surface area (Å²) in [5, 5.41) is 6.01. The number of urea groups is 1. The minimum atomic E-state index is -0.174. The summed E-state index contributed by atoms with van der Waals surface area (Å²) < 4.78 is 11.5. The molecule has 0 spiro atoms. The van der Waals surface area contributed by atoms with E-state index in [4.69, 9.17) is 9.47 Å². The molecule has 1 aliphatic carbocycles. The molecule has 136 valence electrons. The highest BCUT2D eigenvalue weighted by molar-refractivity contribution is 5.74. The van der Waals surface area contributed by atoms with Gasteiger partial charge in [-0.1, -0.05) is 48.5 Å². The first kappa shape index (κ1) is 17.1. The maximum atomic E-state index is 12.4. The van der Waals surface area contributed by atoms with Crippen LogP contribution in [-0.4, -0.2) is 31.8 Å². The van der Waals surface area contributed by atoms with Crippen LogP contribution in [0, 0.1) is 0 Å². The molecule has 2 amide bonds. The topological polar surface area (TPSA) is 59.6 Å². The first-order valence-corrected chi connectivity index (χ1v) is 9.08. The second-order valence-corrected chi connectivity index (χ2v) is 6.93. The van der Waals surface area contributed by atoms with E-state index < -0.39 is 0 Å². The molecule has 0 aromatic heterocycles. The van der Waals surface area contributed by atoms with E-state index in [0.29, 0.717) is 13.2 Å². The van der Waals surface area contributed by atoms with Crippen molar-refractivity contribution in [1.29, 1.82) is 0 Å². The van der Waals surface area contributed by atoms with Crippen LogP contribution >= 0.6 is 0 Å². The number of methoxy groups -OCH3 is 1. The number of hydrogen-bond acceptors (Lipinski definition) is 3. The number of carbonyl (C=O) groups is 1. The standard InChI is InChI=1S/C21H24N2O3/c1-25-20-18-9-5-4-7-15(18)11-19(20)23-21(24)22-12-17-10-14-6-2-3-8-16(14)13-26-17/h2-9,17,19-20H,10-13H2,1H3,(H2,22,23,24)/t17-,19+,20-/m0/s1. The molecule has 0 bridgehead atoms. The van der Waals surface area contributed by atoms with Crippen LogP contribution in [0.3, 0.4) is 0 Å². The third kappa shape index (κ3) is 3.45. The molecule has 4 rings (SSSR count). The molecular weight excluding hydrogens is 328 g/mol. The zero-order valence-electron chi connectivity index (χ0n) is 14.9. The summed E-state index contributed by atoms with van der Waals surface area (Å²) in [5.74, 6) is 0. The lowest BCUT2D eigenvalue weighted by molar-refractivity contribution is 0.0302. The van der Waals surface area contributed by atoms with Crippen molar-refractivity contribution in [3.05, 3.63) is 70.8 Å². The van der Waals surface area contributed by atoms with E-state index in [1.54, 1.807) is 7.11 Å². The van der Waals surface area contributed by atoms with Gasteiger partial charge in [0.05, 0.1) is 18.8 Å². The Labute approximate surface area is 153 Å². The third-order valence-corrected chi connectivity index (χ3v) is 5.27. The molecule has 0 unspecified atom stereocenters. The number of hydrogen-bond donors (Lipinski definition) is 2. The molecule has 1 heterocycles. The fourth-order valence-corrected chi connectivity index (χ4v) is 3.94. The van der Waals surface area contributed by atoms with E-state index in [9.17, 15) is 4.79 Å². The molecule has 3 atom stereocenters. The van der Waals surface area contributed by atoms with E-state index >= 15 is 0 Å². The predicted octanol–water partition coefficient (Wildman–Crippen LogP) is 2.74. The van der Waals surface area contributed by atoms with Crippen LogP contribution in [0.15, 0.2) is 48.5 Å². The Hall–Kier alpha value is -2.37. The van der Waals surface area contributed by atoms with Gasteiger partial charge in [0.2, 0.25) is 0 Å². The third-order valence-electron chi connectivity index (χ3n) is 5.27. The van der Waals surface area contributed by atoms with Gasteiger partial charge in [0.25, 0.3) is 0 Å². The molecule has 1 aliphatic heterocycles. The molecule has 0 saturated heterocycles. The SMILES string of the molecule is CO[C@H]1c2ccccc2C[C@H]1NC(=O)NC[C@@H]1Cc2ccccc2CO1. The van der Waals surface area contributed by atoms with Crippen molar-refractivity contribution in [2.24, 2.45) is 0 Å². The van der Waals surface area contributed by atoms with Gasteiger partial charge in [-0.05, 0) is 28.7 Å². The Kier molecular flexibility index (Phi) is 4.91. The summed E-state index contributed by atoms with van der Waals surface area (Å²) in [6.07, 6.45) is 1.52. The summed E-state index contributed by atoms with van der Waals surface area (Å²) in [6.45, 7) is 1.10. The fourth-order valence-electron chi connectivity index (χ4n) is 3.94. The van der Waals surface area contributed by atoms with Crippen LogP contribution < -0.4 is 10.6 Å². The van der Waals surface area contributed by atoms with Gasteiger partial charge in [-0.2, -0.15) is 0 Å². The highest BCUT2D eigenvalue weighted by Crippen LogP contribution is 2.33. The highest BCUT2D eigenvalue weighted by atomic mass is 16.5. The van der Waals surface area contributed by atoms with Gasteiger partial charge in [-0.3, -0.25) is 0 Å². The van der Waals surface area contributed by atoms with Gasteiger partial charge >= 0.3 is 6.03 Å². The van der Waals surface area contributed by atoms with E-state index in [-0.39, 0.29) is 24.3 Å². The van der Waals surface area contributed by atoms with Gasteiger partial charge in [-0.25, -0.2) is 4.79 Å². The van der Waals surface area contributed by atoms with Crippen molar-refractivity contribution in [3.63, 3.8) is 0 Å². The van der Waals surface area contributed by atoms with Crippen LogP contribution in [0.25, 0.3) is 0 Å². The number of carbonyl (C=O) groups excluding carboxylic acids is 1. The van der Waals surface area contributed by atoms with Gasteiger partial charge in [-0.15, -0.1) is 0 Å². The number of benzene rings is 2. The predicted molar refractivity (Wildman–Crippen MR) is 98.9 cm³/mol. The van der Waals surface area contributed by atoms with Crippen LogP contribution in [0.4, 0.5) is 4.79 Å². The maximum Gasteiger partial charge on any atom is 0.315 e. The maximum absolute atomic E-state index is 12.4. The van der Waals surface area contributed by atoms with E-state index in [1.807, 2.05) is 24.3 Å². The molecular formula is C21H24N2O3. The number of ether oxygens (including phenoxy) is 2. The first-order chi connectivity index (χ1) is 12.7. The summed E-state index contributed by atoms with van der Waals surface area (Å²) in [5.41, 5.74) is 4.93. The summed E-state index contributed by atoms with van der Waals surface area (Å²) in [7, 11) is 1.69. The van der Waals surface area contributed by atoms with Gasteiger partial charge < -0.3 is 20.1 Å². The molecule has 5 nitrogen and oxygen atoms in total. The Balaban J connectivity index is 1.30. The lowest BCUT2D eigenvalue weighted by Crippen LogP contribution is -2.47. The summed E-state index contributed by atoms with van der Waals surface area (Å²) >= 11 is 0.